The number of aromatic nitrogens is 1. The lowest BCUT2D eigenvalue weighted by Gasteiger charge is -2.13. The van der Waals surface area contributed by atoms with Crippen molar-refractivity contribution in [3.05, 3.63) is 71.4 Å². The molecule has 1 aliphatic carbocycles. The Bertz CT molecular complexity index is 1220. The molecule has 3 aromatic carbocycles. The summed E-state index contributed by atoms with van der Waals surface area (Å²) in [5.74, 6) is 0. The van der Waals surface area contributed by atoms with E-state index < -0.39 is 0 Å². The smallest absolute Gasteiger partial charge is 0.0572 e. The van der Waals surface area contributed by atoms with Crippen molar-refractivity contribution in [2.45, 2.75) is 33.6 Å². The molecule has 1 aliphatic rings. The van der Waals surface area contributed by atoms with E-state index in [4.69, 9.17) is 0 Å². The van der Waals surface area contributed by atoms with Gasteiger partial charge in [0.2, 0.25) is 0 Å². The number of hydrogen-bond acceptors (Lipinski definition) is 0. The summed E-state index contributed by atoms with van der Waals surface area (Å²) in [7, 11) is 2.23. The molecule has 0 unspecified atom stereocenters. The topological polar surface area (TPSA) is 4.93 Å². The van der Waals surface area contributed by atoms with Gasteiger partial charge in [0.25, 0.3) is 0 Å². The fourth-order valence-corrected chi connectivity index (χ4v) is 4.67. The molecule has 27 heavy (non-hydrogen) atoms. The Kier molecular flexibility index (Phi) is 4.39. The third-order valence-corrected chi connectivity index (χ3v) is 5.75. The second-order valence-corrected chi connectivity index (χ2v) is 7.06. The standard InChI is InChI=1S/C24H21N.C2H6/c1-4-16-10-8-12-18-22(16)21-15(2)9-7-13-19(21)24-23(18)17-11-5-6-14-20(17)25(24)3;1-2/h4-5,7-13H,1,6,14H2,2-3H3;1-2H3. The number of fused-ring (bicyclic) bond motifs is 8. The first-order valence-electron chi connectivity index (χ1n) is 9.96. The highest BCUT2D eigenvalue weighted by Crippen LogP contribution is 2.43. The van der Waals surface area contributed by atoms with Gasteiger partial charge in [0.1, 0.15) is 0 Å². The molecule has 0 saturated carbocycles. The van der Waals surface area contributed by atoms with Gasteiger partial charge in [-0.1, -0.05) is 75.1 Å². The van der Waals surface area contributed by atoms with Crippen LogP contribution >= 0.6 is 0 Å². The van der Waals surface area contributed by atoms with Crippen LogP contribution in [0.1, 0.15) is 42.7 Å². The molecule has 0 N–H and O–H groups in total. The average Bonchev–Trinajstić information content (AvgIpc) is 3.03. The van der Waals surface area contributed by atoms with Gasteiger partial charge >= 0.3 is 0 Å². The average molecular weight is 354 g/mol. The van der Waals surface area contributed by atoms with E-state index in [1.54, 1.807) is 0 Å². The normalized spacial score (nSPS) is 12.9. The van der Waals surface area contributed by atoms with E-state index in [9.17, 15) is 0 Å². The largest absolute Gasteiger partial charge is 0.347 e. The molecule has 1 nitrogen and oxygen atoms in total. The summed E-state index contributed by atoms with van der Waals surface area (Å²) in [4.78, 5) is 0. The minimum absolute atomic E-state index is 1.12. The molecule has 0 aliphatic heterocycles. The molecule has 4 aromatic rings. The highest BCUT2D eigenvalue weighted by molar-refractivity contribution is 6.28. The maximum atomic E-state index is 4.07. The van der Waals surface area contributed by atoms with E-state index in [-0.39, 0.29) is 0 Å². The van der Waals surface area contributed by atoms with Crippen LogP contribution in [0.15, 0.2) is 49.1 Å². The maximum absolute atomic E-state index is 4.07. The Hall–Kier alpha value is -2.80. The van der Waals surface area contributed by atoms with E-state index in [1.807, 2.05) is 19.9 Å². The van der Waals surface area contributed by atoms with Gasteiger partial charge in [0, 0.05) is 29.1 Å². The Morgan fingerprint density at radius 1 is 0.963 bits per heavy atom. The summed E-state index contributed by atoms with van der Waals surface area (Å²) in [5.41, 5.74) is 6.77. The molecule has 0 saturated heterocycles. The molecular weight excluding hydrogens is 326 g/mol. The predicted molar refractivity (Wildman–Crippen MR) is 121 cm³/mol. The van der Waals surface area contributed by atoms with Crippen molar-refractivity contribution in [3.8, 4) is 0 Å². The Morgan fingerprint density at radius 2 is 1.70 bits per heavy atom. The Labute approximate surface area is 161 Å². The fraction of sp³-hybridized carbons (Fsp3) is 0.231. The summed E-state index contributed by atoms with van der Waals surface area (Å²) < 4.78 is 2.43. The highest BCUT2D eigenvalue weighted by atomic mass is 15.0. The van der Waals surface area contributed by atoms with E-state index in [1.165, 1.54) is 54.8 Å². The van der Waals surface area contributed by atoms with Crippen LogP contribution in [0.4, 0.5) is 0 Å². The van der Waals surface area contributed by atoms with Crippen molar-refractivity contribution in [2.75, 3.05) is 0 Å². The van der Waals surface area contributed by atoms with Gasteiger partial charge in [-0.05, 0) is 47.1 Å². The minimum Gasteiger partial charge on any atom is -0.347 e. The van der Waals surface area contributed by atoms with E-state index in [0.29, 0.717) is 0 Å². The molecule has 0 amide bonds. The van der Waals surface area contributed by atoms with Gasteiger partial charge in [0.15, 0.2) is 0 Å². The molecule has 0 atom stereocenters. The van der Waals surface area contributed by atoms with Crippen molar-refractivity contribution >= 4 is 44.6 Å². The van der Waals surface area contributed by atoms with Crippen molar-refractivity contribution in [1.82, 2.24) is 4.57 Å². The van der Waals surface area contributed by atoms with Gasteiger partial charge in [-0.25, -0.2) is 0 Å². The Balaban J connectivity index is 0.000000872. The fourth-order valence-electron chi connectivity index (χ4n) is 4.67. The molecule has 1 aromatic heterocycles. The van der Waals surface area contributed by atoms with Gasteiger partial charge < -0.3 is 4.57 Å². The minimum atomic E-state index is 1.12. The number of nitrogens with zero attached hydrogens (tertiary/aromatic N) is 1. The lowest BCUT2D eigenvalue weighted by Crippen LogP contribution is -1.99. The number of hydrogen-bond donors (Lipinski definition) is 0. The molecule has 5 rings (SSSR count). The first-order chi connectivity index (χ1) is 13.2. The third kappa shape index (κ3) is 2.38. The lowest BCUT2D eigenvalue weighted by atomic mass is 9.90. The van der Waals surface area contributed by atoms with E-state index in [0.717, 1.165) is 12.8 Å². The molecule has 0 radical (unpaired) electrons. The zero-order valence-electron chi connectivity index (χ0n) is 16.8. The zero-order chi connectivity index (χ0) is 19.1. The summed E-state index contributed by atoms with van der Waals surface area (Å²) in [5, 5.41) is 6.79. The van der Waals surface area contributed by atoms with Crippen LogP contribution in [0.25, 0.3) is 44.6 Å². The monoisotopic (exact) mass is 353 g/mol. The summed E-state index contributed by atoms with van der Waals surface area (Å²) in [6, 6.07) is 13.3. The van der Waals surface area contributed by atoms with Crippen molar-refractivity contribution < 1.29 is 0 Å². The van der Waals surface area contributed by atoms with Crippen LogP contribution in [0, 0.1) is 6.92 Å². The number of aryl methyl sites for hydroxylation is 2. The molecule has 0 bridgehead atoms. The second-order valence-electron chi connectivity index (χ2n) is 7.06. The van der Waals surface area contributed by atoms with Gasteiger partial charge in [-0.15, -0.1) is 0 Å². The van der Waals surface area contributed by atoms with Gasteiger partial charge in [-0.2, -0.15) is 0 Å². The zero-order valence-corrected chi connectivity index (χ0v) is 16.8. The quantitative estimate of drug-likeness (QED) is 0.314. The maximum Gasteiger partial charge on any atom is 0.0572 e. The van der Waals surface area contributed by atoms with Crippen molar-refractivity contribution in [3.63, 3.8) is 0 Å². The summed E-state index contributed by atoms with van der Waals surface area (Å²) in [6.07, 6.45) is 8.87. The predicted octanol–water partition coefficient (Wildman–Crippen LogP) is 7.42. The molecule has 1 heteroatoms. The van der Waals surface area contributed by atoms with Gasteiger partial charge in [0.05, 0.1) is 5.52 Å². The van der Waals surface area contributed by atoms with Gasteiger partial charge in [-0.3, -0.25) is 0 Å². The lowest BCUT2D eigenvalue weighted by molar-refractivity contribution is 0.826. The van der Waals surface area contributed by atoms with E-state index in [2.05, 4.69) is 73.7 Å². The number of benzene rings is 3. The molecule has 0 spiro atoms. The van der Waals surface area contributed by atoms with Crippen LogP contribution in [0.2, 0.25) is 0 Å². The van der Waals surface area contributed by atoms with Crippen LogP contribution < -0.4 is 0 Å². The molecule has 136 valence electrons. The highest BCUT2D eigenvalue weighted by Gasteiger charge is 2.21. The van der Waals surface area contributed by atoms with E-state index >= 15 is 0 Å². The van der Waals surface area contributed by atoms with Crippen LogP contribution in [0.3, 0.4) is 0 Å². The Morgan fingerprint density at radius 3 is 2.48 bits per heavy atom. The molecule has 0 fully saturated rings. The molecule has 1 heterocycles. The van der Waals surface area contributed by atoms with Crippen LogP contribution in [0.5, 0.6) is 0 Å². The first kappa shape index (κ1) is 17.6. The SMILES string of the molecule is C=Cc1cccc2c1c1c(C)cccc1c1c2c2c(n1C)CCC=C2.CC. The van der Waals surface area contributed by atoms with Crippen LogP contribution in [-0.4, -0.2) is 4.57 Å². The van der Waals surface area contributed by atoms with Crippen molar-refractivity contribution in [2.24, 2.45) is 7.05 Å². The number of allylic oxidation sites excluding steroid dienone is 1. The summed E-state index contributed by atoms with van der Waals surface area (Å²) >= 11 is 0. The summed E-state index contributed by atoms with van der Waals surface area (Å²) in [6.45, 7) is 10.3. The third-order valence-electron chi connectivity index (χ3n) is 5.75. The van der Waals surface area contributed by atoms with Crippen LogP contribution in [-0.2, 0) is 13.5 Å². The second kappa shape index (κ2) is 6.74. The first-order valence-corrected chi connectivity index (χ1v) is 9.96. The number of rotatable bonds is 1. The molecular formula is C26H27N. The van der Waals surface area contributed by atoms with Crippen molar-refractivity contribution in [1.29, 1.82) is 0 Å².